The first-order valence-electron chi connectivity index (χ1n) is 30.5. The van der Waals surface area contributed by atoms with E-state index in [9.17, 15) is 19.8 Å². The molecule has 0 aromatic rings. The monoisotopic (exact) mass is 946 g/mol. The highest BCUT2D eigenvalue weighted by molar-refractivity contribution is 5.76. The van der Waals surface area contributed by atoms with Crippen LogP contribution in [0.25, 0.3) is 0 Å². The molecule has 0 aromatic carbocycles. The maximum atomic E-state index is 12.4. The van der Waals surface area contributed by atoms with Crippen LogP contribution >= 0.6 is 0 Å². The van der Waals surface area contributed by atoms with E-state index in [1.54, 1.807) is 6.08 Å². The van der Waals surface area contributed by atoms with Gasteiger partial charge in [-0.05, 0) is 32.1 Å². The molecule has 2 atom stereocenters. The molecular formula is C61H119NO5. The number of aliphatic hydroxyl groups excluding tert-OH is 2. The molecule has 0 aliphatic carbocycles. The number of esters is 1. The molecule has 398 valence electrons. The molecule has 0 radical (unpaired) electrons. The van der Waals surface area contributed by atoms with Gasteiger partial charge in [-0.3, -0.25) is 9.59 Å². The van der Waals surface area contributed by atoms with Crippen LogP contribution in [0.2, 0.25) is 0 Å². The van der Waals surface area contributed by atoms with Crippen LogP contribution in [0.15, 0.2) is 12.2 Å². The number of aliphatic hydroxyl groups is 2. The second-order valence-electron chi connectivity index (χ2n) is 21.0. The number of ether oxygens (including phenoxy) is 1. The van der Waals surface area contributed by atoms with Crippen molar-refractivity contribution in [3.8, 4) is 0 Å². The minimum absolute atomic E-state index is 0.0186. The van der Waals surface area contributed by atoms with Gasteiger partial charge >= 0.3 is 5.97 Å². The first-order chi connectivity index (χ1) is 33.0. The Kier molecular flexibility index (Phi) is 56.0. The van der Waals surface area contributed by atoms with E-state index < -0.39 is 12.1 Å². The number of carbonyl (C=O) groups is 2. The van der Waals surface area contributed by atoms with Gasteiger partial charge in [-0.15, -0.1) is 0 Å². The Labute approximate surface area is 419 Å². The maximum Gasteiger partial charge on any atom is 0.305 e. The van der Waals surface area contributed by atoms with Crippen molar-refractivity contribution in [1.29, 1.82) is 0 Å². The Hall–Kier alpha value is -1.40. The van der Waals surface area contributed by atoms with Crippen LogP contribution in [-0.2, 0) is 14.3 Å². The summed E-state index contributed by atoms with van der Waals surface area (Å²) in [6, 6.07) is -0.624. The summed E-state index contributed by atoms with van der Waals surface area (Å²) in [5.74, 6) is -0.0502. The number of unbranched alkanes of at least 4 members (excludes halogenated alkanes) is 46. The van der Waals surface area contributed by atoms with Crippen molar-refractivity contribution in [1.82, 2.24) is 5.32 Å². The van der Waals surface area contributed by atoms with E-state index in [0.29, 0.717) is 19.4 Å². The van der Waals surface area contributed by atoms with E-state index >= 15 is 0 Å². The smallest absolute Gasteiger partial charge is 0.305 e. The van der Waals surface area contributed by atoms with E-state index in [2.05, 4.69) is 19.2 Å². The summed E-state index contributed by atoms with van der Waals surface area (Å²) in [7, 11) is 0. The zero-order valence-electron chi connectivity index (χ0n) is 45.4. The van der Waals surface area contributed by atoms with Gasteiger partial charge in [-0.1, -0.05) is 309 Å². The van der Waals surface area contributed by atoms with Gasteiger partial charge in [0.05, 0.1) is 25.4 Å². The molecule has 67 heavy (non-hydrogen) atoms. The predicted octanol–water partition coefficient (Wildman–Crippen LogP) is 18.9. The Morgan fingerprint density at radius 1 is 0.403 bits per heavy atom. The lowest BCUT2D eigenvalue weighted by Gasteiger charge is -2.20. The SMILES string of the molecule is CCCCCCCCC/C=C/C(O)C(CO)NC(=O)CCCCCCCCCCCCCCCCCCCCCCCCCOC(=O)CCCCCCCCCCCCCCCCCCCC. The van der Waals surface area contributed by atoms with Crippen molar-refractivity contribution in [2.45, 2.75) is 353 Å². The topological polar surface area (TPSA) is 95.9 Å². The normalized spacial score (nSPS) is 12.6. The summed E-state index contributed by atoms with van der Waals surface area (Å²) in [6.45, 7) is 4.90. The largest absolute Gasteiger partial charge is 0.466 e. The molecule has 6 nitrogen and oxygen atoms in total. The van der Waals surface area contributed by atoms with Gasteiger partial charge in [0.2, 0.25) is 5.91 Å². The third-order valence-corrected chi connectivity index (χ3v) is 14.3. The van der Waals surface area contributed by atoms with Gasteiger partial charge in [0, 0.05) is 12.8 Å². The number of allylic oxidation sites excluding steroid dienone is 1. The van der Waals surface area contributed by atoms with Crippen LogP contribution in [-0.4, -0.2) is 47.4 Å². The average molecular weight is 947 g/mol. The molecule has 0 aliphatic rings. The van der Waals surface area contributed by atoms with Crippen LogP contribution in [0.3, 0.4) is 0 Å². The van der Waals surface area contributed by atoms with Gasteiger partial charge in [0.1, 0.15) is 0 Å². The molecule has 0 saturated carbocycles. The number of rotatable bonds is 57. The molecule has 2 unspecified atom stereocenters. The van der Waals surface area contributed by atoms with E-state index in [1.807, 2.05) is 6.08 Å². The lowest BCUT2D eigenvalue weighted by molar-refractivity contribution is -0.143. The highest BCUT2D eigenvalue weighted by Gasteiger charge is 2.18. The fraction of sp³-hybridized carbons (Fsp3) is 0.934. The number of amides is 1. The number of hydrogen-bond donors (Lipinski definition) is 3. The number of carbonyl (C=O) groups excluding carboxylic acids is 2. The summed E-state index contributed by atoms with van der Waals surface area (Å²) >= 11 is 0. The van der Waals surface area contributed by atoms with Crippen LogP contribution in [0.4, 0.5) is 0 Å². The predicted molar refractivity (Wildman–Crippen MR) is 292 cm³/mol. The third-order valence-electron chi connectivity index (χ3n) is 14.3. The highest BCUT2D eigenvalue weighted by Crippen LogP contribution is 2.18. The molecule has 3 N–H and O–H groups in total. The van der Waals surface area contributed by atoms with Crippen molar-refractivity contribution in [2.75, 3.05) is 13.2 Å². The van der Waals surface area contributed by atoms with E-state index in [-0.39, 0.29) is 18.5 Å². The van der Waals surface area contributed by atoms with Crippen molar-refractivity contribution in [3.05, 3.63) is 12.2 Å². The van der Waals surface area contributed by atoms with E-state index in [4.69, 9.17) is 4.74 Å². The lowest BCUT2D eigenvalue weighted by atomic mass is 10.0. The minimum atomic E-state index is -0.841. The molecule has 0 heterocycles. The lowest BCUT2D eigenvalue weighted by Crippen LogP contribution is -2.45. The molecular weight excluding hydrogens is 827 g/mol. The van der Waals surface area contributed by atoms with Crippen molar-refractivity contribution >= 4 is 11.9 Å². The Bertz CT molecular complexity index is 1000. The fourth-order valence-electron chi connectivity index (χ4n) is 9.64. The summed E-state index contributed by atoms with van der Waals surface area (Å²) in [5.41, 5.74) is 0. The van der Waals surface area contributed by atoms with Gasteiger partial charge < -0.3 is 20.3 Å². The van der Waals surface area contributed by atoms with Gasteiger partial charge in [-0.2, -0.15) is 0 Å². The van der Waals surface area contributed by atoms with Gasteiger partial charge in [-0.25, -0.2) is 0 Å². The molecule has 0 rings (SSSR count). The van der Waals surface area contributed by atoms with E-state index in [1.165, 1.54) is 276 Å². The summed E-state index contributed by atoms with van der Waals surface area (Å²) in [6.07, 6.45) is 68.4. The van der Waals surface area contributed by atoms with Crippen molar-refractivity contribution in [3.63, 3.8) is 0 Å². The maximum absolute atomic E-state index is 12.4. The van der Waals surface area contributed by atoms with Crippen LogP contribution < -0.4 is 5.32 Å². The standard InChI is InChI=1S/C61H119NO5/c1-3-5-7-9-11-13-14-15-16-17-26-29-32-35-39-43-47-51-55-61(66)67-56-52-48-44-40-36-33-30-27-24-22-20-18-19-21-23-25-28-31-34-38-42-46-50-54-60(65)62-58(57-63)59(64)53-49-45-41-37-12-10-8-6-4-2/h49,53,58-59,63-64H,3-48,50-52,54-57H2,1-2H3,(H,62,65)/b53-49+. The first kappa shape index (κ1) is 65.6. The van der Waals surface area contributed by atoms with Gasteiger partial charge in [0.25, 0.3) is 0 Å². The molecule has 0 aromatic heterocycles. The minimum Gasteiger partial charge on any atom is -0.466 e. The van der Waals surface area contributed by atoms with Gasteiger partial charge in [0.15, 0.2) is 0 Å². The Balaban J connectivity index is 3.32. The molecule has 0 fully saturated rings. The fourth-order valence-corrected chi connectivity index (χ4v) is 9.64. The molecule has 0 saturated heterocycles. The van der Waals surface area contributed by atoms with E-state index in [0.717, 1.165) is 38.5 Å². The molecule has 0 aliphatic heterocycles. The van der Waals surface area contributed by atoms with Crippen LogP contribution in [0.5, 0.6) is 0 Å². The van der Waals surface area contributed by atoms with Crippen LogP contribution in [0.1, 0.15) is 341 Å². The zero-order valence-corrected chi connectivity index (χ0v) is 45.4. The summed E-state index contributed by atoms with van der Waals surface area (Å²) in [4.78, 5) is 24.5. The zero-order chi connectivity index (χ0) is 48.6. The average Bonchev–Trinajstić information content (AvgIpc) is 3.33. The number of nitrogens with one attached hydrogen (secondary N) is 1. The quantitative estimate of drug-likeness (QED) is 0.0321. The molecule has 0 spiro atoms. The molecule has 0 bridgehead atoms. The summed E-state index contributed by atoms with van der Waals surface area (Å²) in [5, 5.41) is 22.9. The highest BCUT2D eigenvalue weighted by atomic mass is 16.5. The van der Waals surface area contributed by atoms with Crippen molar-refractivity contribution in [2.24, 2.45) is 0 Å². The van der Waals surface area contributed by atoms with Crippen molar-refractivity contribution < 1.29 is 24.5 Å². The van der Waals surface area contributed by atoms with Crippen LogP contribution in [0, 0.1) is 0 Å². The second kappa shape index (κ2) is 57.2. The molecule has 6 heteroatoms. The second-order valence-corrected chi connectivity index (χ2v) is 21.0. The number of hydrogen-bond acceptors (Lipinski definition) is 5. The molecule has 1 amide bonds. The third kappa shape index (κ3) is 53.8. The Morgan fingerprint density at radius 2 is 0.687 bits per heavy atom. The summed E-state index contributed by atoms with van der Waals surface area (Å²) < 4.78 is 5.50. The first-order valence-corrected chi connectivity index (χ1v) is 30.5. The Morgan fingerprint density at radius 3 is 1.01 bits per heavy atom.